The van der Waals surface area contributed by atoms with Crippen molar-refractivity contribution in [2.24, 2.45) is 0 Å². The van der Waals surface area contributed by atoms with Crippen molar-refractivity contribution in [3.63, 3.8) is 0 Å². The Morgan fingerprint density at radius 3 is 2.59 bits per heavy atom. The molecule has 17 heavy (non-hydrogen) atoms. The minimum atomic E-state index is -4.54. The van der Waals surface area contributed by atoms with Crippen LogP contribution in [0.1, 0.15) is 17.4 Å². The third-order valence-electron chi connectivity index (χ3n) is 1.78. The molecule has 0 aromatic carbocycles. The molecule has 0 aliphatic rings. The smallest absolute Gasteiger partial charge is 0.425 e. The van der Waals surface area contributed by atoms with Gasteiger partial charge in [-0.2, -0.15) is 13.2 Å². The molecule has 0 bridgehead atoms. The predicted molar refractivity (Wildman–Crippen MR) is 55.0 cm³/mol. The summed E-state index contributed by atoms with van der Waals surface area (Å²) < 4.78 is 41.4. The number of carbonyl (C=O) groups is 1. The lowest BCUT2D eigenvalue weighted by atomic mass is 10.3. The normalized spacial score (nSPS) is 13.2. The molecule has 4 nitrogen and oxygen atoms in total. The van der Waals surface area contributed by atoms with Crippen LogP contribution in [0.3, 0.4) is 0 Å². The number of rotatable bonds is 3. The predicted octanol–water partition coefficient (Wildman–Crippen LogP) is 2.87. The lowest BCUT2D eigenvalue weighted by Gasteiger charge is -2.17. The van der Waals surface area contributed by atoms with Crippen LogP contribution in [0.4, 0.5) is 13.2 Å². The zero-order valence-corrected chi connectivity index (χ0v) is 10.0. The first-order chi connectivity index (χ1) is 7.71. The molecule has 1 aromatic rings. The Bertz CT molecular complexity index is 436. The average Bonchev–Trinajstić information content (AvgIpc) is 2.19. The number of carboxylic acid groups (broad SMARTS) is 1. The number of nitrogens with zero attached hydrogens (tertiary/aromatic N) is 1. The number of carboxylic acids is 1. The van der Waals surface area contributed by atoms with Gasteiger partial charge in [0.05, 0.1) is 4.47 Å². The summed E-state index contributed by atoms with van der Waals surface area (Å²) in [6.45, 7) is 0.807. The van der Waals surface area contributed by atoms with Gasteiger partial charge in [0.25, 0.3) is 0 Å². The van der Waals surface area contributed by atoms with Crippen molar-refractivity contribution in [1.82, 2.24) is 4.98 Å². The summed E-state index contributed by atoms with van der Waals surface area (Å²) in [7, 11) is 0. The van der Waals surface area contributed by atoms with Crippen molar-refractivity contribution in [2.75, 3.05) is 0 Å². The van der Waals surface area contributed by atoms with E-state index in [0.717, 1.165) is 13.0 Å². The third kappa shape index (κ3) is 3.58. The monoisotopic (exact) mass is 313 g/mol. The van der Waals surface area contributed by atoms with Gasteiger partial charge in [0.2, 0.25) is 5.88 Å². The van der Waals surface area contributed by atoms with E-state index in [2.05, 4.69) is 25.7 Å². The molecule has 0 aliphatic heterocycles. The molecule has 0 fully saturated rings. The second-order valence-electron chi connectivity index (χ2n) is 3.09. The summed E-state index contributed by atoms with van der Waals surface area (Å²) >= 11 is 2.93. The highest BCUT2D eigenvalue weighted by Crippen LogP contribution is 2.28. The van der Waals surface area contributed by atoms with Crippen molar-refractivity contribution in [1.29, 1.82) is 0 Å². The van der Waals surface area contributed by atoms with Gasteiger partial charge < -0.3 is 9.84 Å². The van der Waals surface area contributed by atoms with Crippen LogP contribution in [0.5, 0.6) is 5.88 Å². The lowest BCUT2D eigenvalue weighted by Crippen LogP contribution is -2.31. The van der Waals surface area contributed by atoms with Crippen molar-refractivity contribution >= 4 is 21.9 Å². The van der Waals surface area contributed by atoms with Crippen LogP contribution in [-0.4, -0.2) is 28.3 Å². The van der Waals surface area contributed by atoms with E-state index in [4.69, 9.17) is 5.11 Å². The SMILES string of the molecule is C[C@@H](Oc1nc(C(=O)O)ccc1Br)C(F)(F)F. The van der Waals surface area contributed by atoms with Gasteiger partial charge in [0, 0.05) is 0 Å². The molecule has 0 aliphatic carbocycles. The Balaban J connectivity index is 2.98. The summed E-state index contributed by atoms with van der Waals surface area (Å²) in [4.78, 5) is 14.0. The first-order valence-electron chi connectivity index (χ1n) is 4.35. The number of alkyl halides is 3. The number of ether oxygens (including phenoxy) is 1. The maximum atomic E-state index is 12.2. The lowest BCUT2D eigenvalue weighted by molar-refractivity contribution is -0.190. The van der Waals surface area contributed by atoms with Crippen LogP contribution < -0.4 is 4.74 Å². The van der Waals surface area contributed by atoms with Crippen molar-refractivity contribution in [3.8, 4) is 5.88 Å². The molecule has 0 saturated heterocycles. The van der Waals surface area contributed by atoms with Gasteiger partial charge in [-0.25, -0.2) is 9.78 Å². The Hall–Kier alpha value is -1.31. The van der Waals surface area contributed by atoms with Crippen molar-refractivity contribution < 1.29 is 27.8 Å². The molecule has 0 spiro atoms. The molecule has 94 valence electrons. The summed E-state index contributed by atoms with van der Waals surface area (Å²) in [5.41, 5.74) is -0.391. The van der Waals surface area contributed by atoms with Crippen molar-refractivity contribution in [2.45, 2.75) is 19.2 Å². The van der Waals surface area contributed by atoms with Crippen LogP contribution in [0.15, 0.2) is 16.6 Å². The van der Waals surface area contributed by atoms with E-state index < -0.39 is 29.8 Å². The topological polar surface area (TPSA) is 59.4 Å². The molecule has 0 unspecified atom stereocenters. The van der Waals surface area contributed by atoms with Crippen LogP contribution in [0, 0.1) is 0 Å². The summed E-state index contributed by atoms with van der Waals surface area (Å²) in [6, 6.07) is 2.41. The van der Waals surface area contributed by atoms with Crippen LogP contribution >= 0.6 is 15.9 Å². The Labute approximate surface area is 103 Å². The Kier molecular flexibility index (Phi) is 3.97. The minimum absolute atomic E-state index is 0.151. The fourth-order valence-corrected chi connectivity index (χ4v) is 1.17. The van der Waals surface area contributed by atoms with Gasteiger partial charge >= 0.3 is 12.1 Å². The van der Waals surface area contributed by atoms with Gasteiger partial charge in [-0.3, -0.25) is 0 Å². The van der Waals surface area contributed by atoms with Crippen LogP contribution in [0.2, 0.25) is 0 Å². The van der Waals surface area contributed by atoms with Crippen molar-refractivity contribution in [3.05, 3.63) is 22.3 Å². The fourth-order valence-electron chi connectivity index (χ4n) is 0.859. The van der Waals surface area contributed by atoms with E-state index in [0.29, 0.717) is 0 Å². The van der Waals surface area contributed by atoms with Gasteiger partial charge in [0.1, 0.15) is 0 Å². The molecule has 1 rings (SSSR count). The van der Waals surface area contributed by atoms with Gasteiger partial charge in [-0.15, -0.1) is 0 Å². The molecular formula is C9H7BrF3NO3. The first kappa shape index (κ1) is 13.8. The first-order valence-corrected chi connectivity index (χ1v) is 5.14. The maximum Gasteiger partial charge on any atom is 0.425 e. The average molecular weight is 314 g/mol. The fraction of sp³-hybridized carbons (Fsp3) is 0.333. The number of aromatic nitrogens is 1. The second-order valence-corrected chi connectivity index (χ2v) is 3.94. The zero-order chi connectivity index (χ0) is 13.2. The number of halogens is 4. The third-order valence-corrected chi connectivity index (χ3v) is 2.39. The number of hydrogen-bond donors (Lipinski definition) is 1. The molecule has 8 heteroatoms. The Morgan fingerprint density at radius 1 is 1.53 bits per heavy atom. The number of pyridine rings is 1. The standard InChI is InChI=1S/C9H7BrF3NO3/c1-4(9(11,12)13)17-7-5(10)2-3-6(14-7)8(15)16/h2-4H,1H3,(H,15,16)/t4-/m1/s1. The maximum absolute atomic E-state index is 12.2. The second kappa shape index (κ2) is 4.91. The molecular weight excluding hydrogens is 307 g/mol. The van der Waals surface area contributed by atoms with E-state index in [1.807, 2.05) is 0 Å². The molecule has 0 amide bonds. The molecule has 1 heterocycles. The number of aromatic carboxylic acids is 1. The highest BCUT2D eigenvalue weighted by molar-refractivity contribution is 9.10. The minimum Gasteiger partial charge on any atom is -0.477 e. The van der Waals surface area contributed by atoms with Gasteiger partial charge in [-0.1, -0.05) is 0 Å². The number of hydrogen-bond acceptors (Lipinski definition) is 3. The van der Waals surface area contributed by atoms with Gasteiger partial charge in [-0.05, 0) is 35.0 Å². The van der Waals surface area contributed by atoms with E-state index in [1.165, 1.54) is 6.07 Å². The molecule has 0 saturated carbocycles. The summed E-state index contributed by atoms with van der Waals surface area (Å²) in [5, 5.41) is 8.64. The van der Waals surface area contributed by atoms with E-state index in [1.54, 1.807) is 0 Å². The van der Waals surface area contributed by atoms with E-state index in [-0.39, 0.29) is 4.47 Å². The molecule has 0 radical (unpaired) electrons. The van der Waals surface area contributed by atoms with Crippen LogP contribution in [0.25, 0.3) is 0 Å². The zero-order valence-electron chi connectivity index (χ0n) is 8.45. The Morgan fingerprint density at radius 2 is 2.12 bits per heavy atom. The van der Waals surface area contributed by atoms with Crippen LogP contribution in [-0.2, 0) is 0 Å². The molecule has 1 aromatic heterocycles. The molecule has 1 N–H and O–H groups in total. The largest absolute Gasteiger partial charge is 0.477 e. The summed E-state index contributed by atoms with van der Waals surface area (Å²) in [6.07, 6.45) is -6.62. The molecule has 1 atom stereocenters. The highest BCUT2D eigenvalue weighted by Gasteiger charge is 2.38. The summed E-state index contributed by atoms with van der Waals surface area (Å²) in [5.74, 6) is -1.75. The highest BCUT2D eigenvalue weighted by atomic mass is 79.9. The quantitative estimate of drug-likeness (QED) is 0.932. The van der Waals surface area contributed by atoms with Gasteiger partial charge in [0.15, 0.2) is 11.8 Å². The van der Waals surface area contributed by atoms with E-state index >= 15 is 0 Å². The van der Waals surface area contributed by atoms with E-state index in [9.17, 15) is 18.0 Å².